The lowest BCUT2D eigenvalue weighted by atomic mass is 10.1. The number of carbonyl (C=O) groups excluding carboxylic acids is 1. The number of rotatable bonds is 3. The first-order chi connectivity index (χ1) is 9.44. The van der Waals surface area contributed by atoms with Crippen LogP contribution in [0, 0.1) is 0 Å². The summed E-state index contributed by atoms with van der Waals surface area (Å²) in [6, 6.07) is 9.95. The van der Waals surface area contributed by atoms with E-state index in [0.717, 1.165) is 11.3 Å². The van der Waals surface area contributed by atoms with Crippen LogP contribution in [0.5, 0.6) is 0 Å². The Labute approximate surface area is 119 Å². The van der Waals surface area contributed by atoms with Crippen molar-refractivity contribution in [2.75, 3.05) is 0 Å². The standard InChI is InChI=1S/C16H20N2O2/c1-16(2,3)17-15(19)14-11-13(18-20-14)10-9-12-7-5-4-6-8-12/h4-10,14H,11H2,1-3H3,(H,17,19)/b10-9+/t14-/m1/s1. The monoisotopic (exact) mass is 272 g/mol. The molecule has 0 radical (unpaired) electrons. The number of oxime groups is 1. The predicted octanol–water partition coefficient (Wildman–Crippen LogP) is 2.76. The SMILES string of the molecule is CC(C)(C)NC(=O)[C@H]1CC(/C=C/c2ccccc2)=NO1. The molecular weight excluding hydrogens is 252 g/mol. The summed E-state index contributed by atoms with van der Waals surface area (Å²) in [5.74, 6) is -0.121. The van der Waals surface area contributed by atoms with Gasteiger partial charge in [0.15, 0.2) is 0 Å². The Balaban J connectivity index is 1.89. The smallest absolute Gasteiger partial charge is 0.264 e. The Morgan fingerprint density at radius 3 is 2.65 bits per heavy atom. The zero-order valence-electron chi connectivity index (χ0n) is 12.1. The molecule has 20 heavy (non-hydrogen) atoms. The Hall–Kier alpha value is -2.10. The summed E-state index contributed by atoms with van der Waals surface area (Å²) in [5, 5.41) is 6.85. The summed E-state index contributed by atoms with van der Waals surface area (Å²) >= 11 is 0. The Morgan fingerprint density at radius 2 is 2.00 bits per heavy atom. The molecule has 1 aliphatic heterocycles. The maximum absolute atomic E-state index is 11.9. The molecule has 1 heterocycles. The summed E-state index contributed by atoms with van der Waals surface area (Å²) in [6.07, 6.45) is 3.83. The third-order valence-electron chi connectivity index (χ3n) is 2.75. The molecule has 0 spiro atoms. The van der Waals surface area contributed by atoms with E-state index in [0.29, 0.717) is 6.42 Å². The van der Waals surface area contributed by atoms with Crippen LogP contribution in [-0.4, -0.2) is 23.3 Å². The van der Waals surface area contributed by atoms with Crippen molar-refractivity contribution >= 4 is 17.7 Å². The van der Waals surface area contributed by atoms with Gasteiger partial charge < -0.3 is 10.2 Å². The van der Waals surface area contributed by atoms with Crippen molar-refractivity contribution in [3.05, 3.63) is 42.0 Å². The van der Waals surface area contributed by atoms with Gasteiger partial charge in [-0.2, -0.15) is 0 Å². The maximum Gasteiger partial charge on any atom is 0.264 e. The molecule has 4 nitrogen and oxygen atoms in total. The number of hydrogen-bond acceptors (Lipinski definition) is 3. The lowest BCUT2D eigenvalue weighted by Crippen LogP contribution is -2.45. The topological polar surface area (TPSA) is 50.7 Å². The van der Waals surface area contributed by atoms with Gasteiger partial charge in [0.1, 0.15) is 0 Å². The molecule has 0 aromatic heterocycles. The number of hydrogen-bond donors (Lipinski definition) is 1. The summed E-state index contributed by atoms with van der Waals surface area (Å²) in [5.41, 5.74) is 1.61. The molecule has 1 N–H and O–H groups in total. The normalized spacial score (nSPS) is 18.8. The molecule has 0 saturated heterocycles. The van der Waals surface area contributed by atoms with Gasteiger partial charge in [-0.05, 0) is 32.4 Å². The third-order valence-corrected chi connectivity index (χ3v) is 2.75. The number of allylic oxidation sites excluding steroid dienone is 1. The number of benzene rings is 1. The van der Waals surface area contributed by atoms with E-state index in [1.165, 1.54) is 0 Å². The number of carbonyl (C=O) groups is 1. The summed E-state index contributed by atoms with van der Waals surface area (Å²) in [6.45, 7) is 5.82. The Morgan fingerprint density at radius 1 is 1.30 bits per heavy atom. The third kappa shape index (κ3) is 4.23. The minimum Gasteiger partial charge on any atom is -0.382 e. The highest BCUT2D eigenvalue weighted by Gasteiger charge is 2.29. The molecule has 1 aromatic rings. The molecule has 1 aliphatic rings. The van der Waals surface area contributed by atoms with Crippen molar-refractivity contribution in [1.82, 2.24) is 5.32 Å². The van der Waals surface area contributed by atoms with Gasteiger partial charge in [-0.1, -0.05) is 41.6 Å². The zero-order chi connectivity index (χ0) is 14.6. The van der Waals surface area contributed by atoms with Gasteiger partial charge in [0, 0.05) is 12.0 Å². The fourth-order valence-corrected chi connectivity index (χ4v) is 1.84. The van der Waals surface area contributed by atoms with Crippen LogP contribution in [0.25, 0.3) is 6.08 Å². The second-order valence-electron chi connectivity index (χ2n) is 5.86. The minimum absolute atomic E-state index is 0.121. The number of amides is 1. The molecule has 0 unspecified atom stereocenters. The first-order valence-electron chi connectivity index (χ1n) is 6.72. The van der Waals surface area contributed by atoms with Crippen LogP contribution >= 0.6 is 0 Å². The van der Waals surface area contributed by atoms with Crippen LogP contribution in [0.2, 0.25) is 0 Å². The van der Waals surface area contributed by atoms with E-state index in [2.05, 4.69) is 10.5 Å². The van der Waals surface area contributed by atoms with Gasteiger partial charge in [0.25, 0.3) is 5.91 Å². The van der Waals surface area contributed by atoms with Crippen LogP contribution in [0.4, 0.5) is 0 Å². The van der Waals surface area contributed by atoms with Crippen LogP contribution < -0.4 is 5.32 Å². The van der Waals surface area contributed by atoms with Crippen LogP contribution in [0.1, 0.15) is 32.8 Å². The number of nitrogens with one attached hydrogen (secondary N) is 1. The fraction of sp³-hybridized carbons (Fsp3) is 0.375. The molecule has 4 heteroatoms. The van der Waals surface area contributed by atoms with Gasteiger partial charge in [-0.15, -0.1) is 0 Å². The average Bonchev–Trinajstić information content (AvgIpc) is 2.84. The van der Waals surface area contributed by atoms with E-state index >= 15 is 0 Å². The lowest BCUT2D eigenvalue weighted by Gasteiger charge is -2.21. The molecule has 0 saturated carbocycles. The molecular formula is C16H20N2O2. The van der Waals surface area contributed by atoms with E-state index in [-0.39, 0.29) is 11.4 Å². The largest absolute Gasteiger partial charge is 0.382 e. The van der Waals surface area contributed by atoms with Gasteiger partial charge in [0.2, 0.25) is 6.10 Å². The van der Waals surface area contributed by atoms with Crippen molar-refractivity contribution in [1.29, 1.82) is 0 Å². The zero-order valence-corrected chi connectivity index (χ0v) is 12.1. The summed E-state index contributed by atoms with van der Waals surface area (Å²) in [4.78, 5) is 17.1. The van der Waals surface area contributed by atoms with E-state index in [9.17, 15) is 4.79 Å². The Bertz CT molecular complexity index is 527. The summed E-state index contributed by atoms with van der Waals surface area (Å²) < 4.78 is 0. The van der Waals surface area contributed by atoms with E-state index < -0.39 is 6.10 Å². The van der Waals surface area contributed by atoms with Crippen molar-refractivity contribution < 1.29 is 9.63 Å². The van der Waals surface area contributed by atoms with Gasteiger partial charge in [-0.25, -0.2) is 0 Å². The van der Waals surface area contributed by atoms with E-state index in [1.807, 2.05) is 63.3 Å². The molecule has 106 valence electrons. The van der Waals surface area contributed by atoms with Gasteiger partial charge >= 0.3 is 0 Å². The quantitative estimate of drug-likeness (QED) is 0.919. The first kappa shape index (κ1) is 14.3. The number of nitrogens with zero attached hydrogens (tertiary/aromatic N) is 1. The minimum atomic E-state index is -0.523. The predicted molar refractivity (Wildman–Crippen MR) is 80.3 cm³/mol. The molecule has 1 atom stereocenters. The van der Waals surface area contributed by atoms with Crippen LogP contribution in [0.3, 0.4) is 0 Å². The van der Waals surface area contributed by atoms with Gasteiger partial charge in [0.05, 0.1) is 5.71 Å². The fourth-order valence-electron chi connectivity index (χ4n) is 1.84. The van der Waals surface area contributed by atoms with E-state index in [1.54, 1.807) is 0 Å². The van der Waals surface area contributed by atoms with E-state index in [4.69, 9.17) is 4.84 Å². The lowest BCUT2D eigenvalue weighted by molar-refractivity contribution is -0.132. The molecule has 0 fully saturated rings. The van der Waals surface area contributed by atoms with Crippen molar-refractivity contribution in [3.8, 4) is 0 Å². The van der Waals surface area contributed by atoms with Crippen LogP contribution in [0.15, 0.2) is 41.6 Å². The molecule has 0 aliphatic carbocycles. The molecule has 2 rings (SSSR count). The Kier molecular flexibility index (Phi) is 4.23. The highest BCUT2D eigenvalue weighted by atomic mass is 16.6. The first-order valence-corrected chi connectivity index (χ1v) is 6.72. The van der Waals surface area contributed by atoms with Crippen LogP contribution in [-0.2, 0) is 9.63 Å². The highest BCUT2D eigenvalue weighted by Crippen LogP contribution is 2.14. The molecule has 0 bridgehead atoms. The second-order valence-corrected chi connectivity index (χ2v) is 5.86. The van der Waals surface area contributed by atoms with Crippen molar-refractivity contribution in [2.45, 2.75) is 38.8 Å². The summed E-state index contributed by atoms with van der Waals surface area (Å²) in [7, 11) is 0. The molecule has 1 aromatic carbocycles. The maximum atomic E-state index is 11.9. The second kappa shape index (κ2) is 5.90. The van der Waals surface area contributed by atoms with Crippen molar-refractivity contribution in [3.63, 3.8) is 0 Å². The molecule has 1 amide bonds. The average molecular weight is 272 g/mol. The van der Waals surface area contributed by atoms with Crippen molar-refractivity contribution in [2.24, 2.45) is 5.16 Å². The van der Waals surface area contributed by atoms with Gasteiger partial charge in [-0.3, -0.25) is 4.79 Å². The highest BCUT2D eigenvalue weighted by molar-refractivity contribution is 6.02.